The van der Waals surface area contributed by atoms with Gasteiger partial charge in [0.05, 0.1) is 4.88 Å². The van der Waals surface area contributed by atoms with Gasteiger partial charge in [-0.05, 0) is 45.4 Å². The molecule has 0 radical (unpaired) electrons. The van der Waals surface area contributed by atoms with Crippen LogP contribution in [0.3, 0.4) is 0 Å². The molecule has 3 heterocycles. The number of hydrogen-bond donors (Lipinski definition) is 1. The number of nitrogens with one attached hydrogen (secondary N) is 1. The Labute approximate surface area is 188 Å². The highest BCUT2D eigenvalue weighted by atomic mass is 32.1. The van der Waals surface area contributed by atoms with Crippen molar-refractivity contribution in [2.75, 3.05) is 39.3 Å². The molecule has 1 aliphatic heterocycles. The Kier molecular flexibility index (Phi) is 6.99. The molecule has 1 saturated heterocycles. The van der Waals surface area contributed by atoms with E-state index >= 15 is 0 Å². The molecule has 7 nitrogen and oxygen atoms in total. The minimum Gasteiger partial charge on any atom is -0.444 e. The summed E-state index contributed by atoms with van der Waals surface area (Å²) in [6.45, 7) is 10.6. The normalized spacial score (nSPS) is 15.8. The Morgan fingerprint density at radius 1 is 1.16 bits per heavy atom. The van der Waals surface area contributed by atoms with E-state index < -0.39 is 17.5 Å². The summed E-state index contributed by atoms with van der Waals surface area (Å²) in [7, 11) is 0. The summed E-state index contributed by atoms with van der Waals surface area (Å²) in [6, 6.07) is 2.29. The molecule has 176 valence electrons. The lowest BCUT2D eigenvalue weighted by Crippen LogP contribution is -2.51. The Bertz CT molecular complexity index is 993. The first kappa shape index (κ1) is 24.2. The number of aromatic nitrogens is 1. The molecule has 0 unspecified atom stereocenters. The molecule has 0 spiro atoms. The van der Waals surface area contributed by atoms with E-state index in [1.165, 1.54) is 6.07 Å². The topological polar surface area (TPSA) is 74.8 Å². The van der Waals surface area contributed by atoms with E-state index in [1.54, 1.807) is 11.8 Å². The molecule has 0 bridgehead atoms. The monoisotopic (exact) mass is 472 g/mol. The Balaban J connectivity index is 1.51. The van der Waals surface area contributed by atoms with Crippen molar-refractivity contribution in [1.29, 1.82) is 0 Å². The SMILES string of the molecule is Cc1c(C(=O)NCCN2CCN(C(=O)OC(C)(C)C)CC2)sc2nc(C(F)(F)F)ccc12. The molecule has 1 fully saturated rings. The van der Waals surface area contributed by atoms with Gasteiger partial charge >= 0.3 is 12.3 Å². The van der Waals surface area contributed by atoms with Gasteiger partial charge in [-0.1, -0.05) is 0 Å². The summed E-state index contributed by atoms with van der Waals surface area (Å²) in [4.78, 5) is 32.8. The number of thiophene rings is 1. The van der Waals surface area contributed by atoms with Crippen molar-refractivity contribution in [3.8, 4) is 0 Å². The predicted molar refractivity (Wildman–Crippen MR) is 116 cm³/mol. The molecule has 0 aliphatic carbocycles. The van der Waals surface area contributed by atoms with Gasteiger partial charge in [0.25, 0.3) is 5.91 Å². The minimum absolute atomic E-state index is 0.195. The highest BCUT2D eigenvalue weighted by molar-refractivity contribution is 7.20. The number of amides is 2. The van der Waals surface area contributed by atoms with E-state index in [2.05, 4.69) is 15.2 Å². The van der Waals surface area contributed by atoms with Crippen LogP contribution in [0.5, 0.6) is 0 Å². The molecule has 3 rings (SSSR count). The van der Waals surface area contributed by atoms with Crippen LogP contribution in [-0.2, 0) is 10.9 Å². The molecule has 0 atom stereocenters. The number of piperazine rings is 1. The maximum atomic E-state index is 12.9. The first-order chi connectivity index (χ1) is 14.8. The van der Waals surface area contributed by atoms with Crippen molar-refractivity contribution >= 4 is 33.6 Å². The van der Waals surface area contributed by atoms with Gasteiger partial charge in [-0.15, -0.1) is 11.3 Å². The number of fused-ring (bicyclic) bond motifs is 1. The molecule has 2 amide bonds. The van der Waals surface area contributed by atoms with Crippen LogP contribution in [0, 0.1) is 6.92 Å². The Morgan fingerprint density at radius 3 is 2.41 bits per heavy atom. The molecule has 1 N–H and O–H groups in total. The molecule has 2 aromatic heterocycles. The van der Waals surface area contributed by atoms with Crippen molar-refractivity contribution in [2.24, 2.45) is 0 Å². The number of rotatable bonds is 4. The summed E-state index contributed by atoms with van der Waals surface area (Å²) < 4.78 is 44.1. The number of hydrogen-bond acceptors (Lipinski definition) is 6. The third-order valence-electron chi connectivity index (χ3n) is 5.04. The summed E-state index contributed by atoms with van der Waals surface area (Å²) in [5.41, 5.74) is -0.883. The molecule has 32 heavy (non-hydrogen) atoms. The standard InChI is InChI=1S/C21H27F3N4O3S/c1-13-14-5-6-15(21(22,23)24)26-18(14)32-16(13)17(29)25-7-8-27-9-11-28(12-10-27)19(30)31-20(2,3)4/h5-6H,7-12H2,1-4H3,(H,25,29). The fourth-order valence-electron chi connectivity index (χ4n) is 3.36. The first-order valence-electron chi connectivity index (χ1n) is 10.3. The van der Waals surface area contributed by atoms with Gasteiger partial charge in [0.1, 0.15) is 16.1 Å². The predicted octanol–water partition coefficient (Wildman–Crippen LogP) is 3.91. The highest BCUT2D eigenvalue weighted by Gasteiger charge is 2.33. The maximum absolute atomic E-state index is 12.9. The van der Waals surface area contributed by atoms with Crippen molar-refractivity contribution in [2.45, 2.75) is 39.5 Å². The maximum Gasteiger partial charge on any atom is 0.433 e. The molecule has 2 aromatic rings. The number of pyridine rings is 1. The zero-order valence-corrected chi connectivity index (χ0v) is 19.3. The smallest absolute Gasteiger partial charge is 0.433 e. The van der Waals surface area contributed by atoms with Crippen molar-refractivity contribution in [3.63, 3.8) is 0 Å². The number of halogens is 3. The zero-order chi connectivity index (χ0) is 23.7. The summed E-state index contributed by atoms with van der Waals surface area (Å²) >= 11 is 0.961. The van der Waals surface area contributed by atoms with Gasteiger partial charge in [-0.2, -0.15) is 13.2 Å². The van der Waals surface area contributed by atoms with Gasteiger partial charge in [-0.3, -0.25) is 9.69 Å². The largest absolute Gasteiger partial charge is 0.444 e. The lowest BCUT2D eigenvalue weighted by atomic mass is 10.2. The van der Waals surface area contributed by atoms with Crippen LogP contribution in [0.4, 0.5) is 18.0 Å². The Morgan fingerprint density at radius 2 is 1.81 bits per heavy atom. The van der Waals surface area contributed by atoms with Gasteiger partial charge in [-0.25, -0.2) is 9.78 Å². The minimum atomic E-state index is -4.53. The number of nitrogens with zero attached hydrogens (tertiary/aromatic N) is 3. The van der Waals surface area contributed by atoms with Crippen LogP contribution < -0.4 is 5.32 Å². The molecule has 1 aliphatic rings. The average Bonchev–Trinajstić information content (AvgIpc) is 3.02. The second-order valence-corrected chi connectivity index (χ2v) is 9.67. The van der Waals surface area contributed by atoms with E-state index in [1.807, 2.05) is 20.8 Å². The number of aryl methyl sites for hydroxylation is 1. The fraction of sp³-hybridized carbons (Fsp3) is 0.571. The third-order valence-corrected chi connectivity index (χ3v) is 6.24. The van der Waals surface area contributed by atoms with E-state index in [0.717, 1.165) is 17.4 Å². The van der Waals surface area contributed by atoms with Crippen molar-refractivity contribution in [3.05, 3.63) is 28.3 Å². The fourth-order valence-corrected chi connectivity index (χ4v) is 4.46. The molecule has 11 heteroatoms. The van der Waals surface area contributed by atoms with Gasteiger partial charge in [0.2, 0.25) is 0 Å². The number of ether oxygens (including phenoxy) is 1. The van der Waals surface area contributed by atoms with E-state index in [9.17, 15) is 22.8 Å². The van der Waals surface area contributed by atoms with E-state index in [4.69, 9.17) is 4.74 Å². The van der Waals surface area contributed by atoms with Crippen LogP contribution in [-0.4, -0.2) is 71.7 Å². The van der Waals surface area contributed by atoms with Gasteiger partial charge in [0.15, 0.2) is 0 Å². The van der Waals surface area contributed by atoms with Crippen LogP contribution in [0.2, 0.25) is 0 Å². The quantitative estimate of drug-likeness (QED) is 0.731. The molecular weight excluding hydrogens is 445 g/mol. The lowest BCUT2D eigenvalue weighted by molar-refractivity contribution is -0.140. The van der Waals surface area contributed by atoms with E-state index in [0.29, 0.717) is 55.1 Å². The molecular formula is C21H27F3N4O3S. The third kappa shape index (κ3) is 5.89. The number of carbonyl (C=O) groups excluding carboxylic acids is 2. The zero-order valence-electron chi connectivity index (χ0n) is 18.5. The van der Waals surface area contributed by atoms with Crippen LogP contribution in [0.1, 0.15) is 41.7 Å². The Hall–Kier alpha value is -2.40. The summed E-state index contributed by atoms with van der Waals surface area (Å²) in [5.74, 6) is -0.327. The second-order valence-electron chi connectivity index (χ2n) is 8.67. The van der Waals surface area contributed by atoms with Crippen molar-refractivity contribution in [1.82, 2.24) is 20.1 Å². The summed E-state index contributed by atoms with van der Waals surface area (Å²) in [6.07, 6.45) is -4.85. The van der Waals surface area contributed by atoms with Crippen LogP contribution >= 0.6 is 11.3 Å². The van der Waals surface area contributed by atoms with Gasteiger partial charge < -0.3 is 15.0 Å². The van der Waals surface area contributed by atoms with Crippen LogP contribution in [0.15, 0.2) is 12.1 Å². The second kappa shape index (κ2) is 9.22. The first-order valence-corrected chi connectivity index (χ1v) is 11.1. The lowest BCUT2D eigenvalue weighted by Gasteiger charge is -2.35. The average molecular weight is 473 g/mol. The van der Waals surface area contributed by atoms with Gasteiger partial charge in [0, 0.05) is 44.7 Å². The molecule has 0 aromatic carbocycles. The number of carbonyl (C=O) groups is 2. The van der Waals surface area contributed by atoms with Crippen LogP contribution in [0.25, 0.3) is 10.2 Å². The van der Waals surface area contributed by atoms with E-state index in [-0.39, 0.29) is 16.8 Å². The highest BCUT2D eigenvalue weighted by Crippen LogP contribution is 2.34. The molecule has 0 saturated carbocycles. The summed E-state index contributed by atoms with van der Waals surface area (Å²) in [5, 5.41) is 3.38. The van der Waals surface area contributed by atoms with Crippen molar-refractivity contribution < 1.29 is 27.5 Å². The number of alkyl halides is 3.